The molecule has 0 unspecified atom stereocenters. The van der Waals surface area contributed by atoms with Gasteiger partial charge in [0.05, 0.1) is 30.1 Å². The number of nitrogens with one attached hydrogen (secondary N) is 1. The zero-order valence-corrected chi connectivity index (χ0v) is 18.5. The molecule has 8 nitrogen and oxygen atoms in total. The number of fused-ring (bicyclic) bond motifs is 2. The van der Waals surface area contributed by atoms with Crippen LogP contribution in [0.25, 0.3) is 37.1 Å². The Morgan fingerprint density at radius 3 is 2.73 bits per heavy atom. The summed E-state index contributed by atoms with van der Waals surface area (Å²) in [5.74, 6) is -0.511. The van der Waals surface area contributed by atoms with Gasteiger partial charge in [0.25, 0.3) is 5.56 Å². The van der Waals surface area contributed by atoms with E-state index in [0.717, 1.165) is 4.57 Å². The fraction of sp³-hybridized carbons (Fsp3) is 0.0435. The molecule has 33 heavy (non-hydrogen) atoms. The number of aromatic carboxylic acids is 1. The monoisotopic (exact) mass is 479 g/mol. The Morgan fingerprint density at radius 1 is 1.15 bits per heavy atom. The first-order valence-corrected chi connectivity index (χ1v) is 10.8. The number of methoxy groups -OCH3 is 1. The van der Waals surface area contributed by atoms with E-state index in [4.69, 9.17) is 16.3 Å². The predicted octanol–water partition coefficient (Wildman–Crippen LogP) is 4.32. The molecule has 0 aliphatic carbocycles. The number of aromatic amines is 1. The van der Waals surface area contributed by atoms with Crippen LogP contribution in [0.5, 0.6) is 5.75 Å². The van der Waals surface area contributed by atoms with Crippen LogP contribution in [0.3, 0.4) is 0 Å². The summed E-state index contributed by atoms with van der Waals surface area (Å²) in [6.45, 7) is 0. The van der Waals surface area contributed by atoms with Crippen LogP contribution >= 0.6 is 22.9 Å². The summed E-state index contributed by atoms with van der Waals surface area (Å²) < 4.78 is 6.55. The zero-order valence-electron chi connectivity index (χ0n) is 17.0. The molecule has 2 N–H and O–H groups in total. The van der Waals surface area contributed by atoms with Gasteiger partial charge in [-0.2, -0.15) is 0 Å². The molecule has 0 radical (unpaired) electrons. The number of carbonyl (C=O) groups is 1. The smallest absolute Gasteiger partial charge is 0.335 e. The van der Waals surface area contributed by atoms with Crippen molar-refractivity contribution in [3.8, 4) is 21.9 Å². The second kappa shape index (κ2) is 7.88. The van der Waals surface area contributed by atoms with Crippen LogP contribution in [0.1, 0.15) is 10.4 Å². The molecule has 0 saturated heterocycles. The average molecular weight is 480 g/mol. The molecule has 3 heterocycles. The van der Waals surface area contributed by atoms with Crippen LogP contribution in [0.2, 0.25) is 5.02 Å². The predicted molar refractivity (Wildman–Crippen MR) is 127 cm³/mol. The third kappa shape index (κ3) is 3.47. The minimum Gasteiger partial charge on any atom is -0.497 e. The van der Waals surface area contributed by atoms with E-state index in [1.54, 1.807) is 37.4 Å². The van der Waals surface area contributed by atoms with Gasteiger partial charge < -0.3 is 14.8 Å². The van der Waals surface area contributed by atoms with Gasteiger partial charge in [-0.25, -0.2) is 14.2 Å². The SMILES string of the molecule is COc1ccc(Cl)c(-c2cc3[nH]c(=O)n(-c4cncc5ccc(C(=O)O)cc45)c(=O)c3s2)c1. The number of aromatic nitrogens is 3. The third-order valence-corrected chi connectivity index (χ3v) is 6.73. The summed E-state index contributed by atoms with van der Waals surface area (Å²) >= 11 is 7.54. The number of thiophene rings is 1. The van der Waals surface area contributed by atoms with Gasteiger partial charge in [0.1, 0.15) is 10.4 Å². The van der Waals surface area contributed by atoms with E-state index >= 15 is 0 Å². The highest BCUT2D eigenvalue weighted by molar-refractivity contribution is 7.22. The van der Waals surface area contributed by atoms with Crippen molar-refractivity contribution in [2.24, 2.45) is 0 Å². The van der Waals surface area contributed by atoms with E-state index in [1.165, 1.54) is 35.9 Å². The summed E-state index contributed by atoms with van der Waals surface area (Å²) in [5, 5.41) is 10.9. The Kier molecular flexibility index (Phi) is 4.99. The highest BCUT2D eigenvalue weighted by Gasteiger charge is 2.18. The largest absolute Gasteiger partial charge is 0.497 e. The average Bonchev–Trinajstić information content (AvgIpc) is 3.23. The Labute approximate surface area is 194 Å². The highest BCUT2D eigenvalue weighted by atomic mass is 35.5. The van der Waals surface area contributed by atoms with Crippen molar-refractivity contribution in [3.05, 3.63) is 86.3 Å². The Balaban J connectivity index is 1.77. The maximum Gasteiger partial charge on any atom is 0.335 e. The molecule has 0 aliphatic rings. The molecule has 0 amide bonds. The van der Waals surface area contributed by atoms with Gasteiger partial charge in [-0.15, -0.1) is 11.3 Å². The number of nitrogens with zero attached hydrogens (tertiary/aromatic N) is 2. The lowest BCUT2D eigenvalue weighted by molar-refractivity contribution is 0.0697. The Morgan fingerprint density at radius 2 is 1.97 bits per heavy atom. The maximum atomic E-state index is 13.4. The lowest BCUT2D eigenvalue weighted by atomic mass is 10.1. The first-order valence-electron chi connectivity index (χ1n) is 9.61. The fourth-order valence-electron chi connectivity index (χ4n) is 3.64. The molecule has 0 aliphatic heterocycles. The summed E-state index contributed by atoms with van der Waals surface area (Å²) in [5.41, 5.74) is 0.0638. The number of benzene rings is 2. The first kappa shape index (κ1) is 20.9. The molecule has 0 bridgehead atoms. The second-order valence-corrected chi connectivity index (χ2v) is 8.63. The minimum atomic E-state index is -1.12. The topological polar surface area (TPSA) is 114 Å². The van der Waals surface area contributed by atoms with Crippen LogP contribution < -0.4 is 16.0 Å². The van der Waals surface area contributed by atoms with Crippen molar-refractivity contribution in [2.45, 2.75) is 0 Å². The molecule has 10 heteroatoms. The molecule has 164 valence electrons. The van der Waals surface area contributed by atoms with Gasteiger partial charge in [0.15, 0.2) is 0 Å². The molecule has 2 aromatic carbocycles. The van der Waals surface area contributed by atoms with Crippen LogP contribution in [-0.4, -0.2) is 32.7 Å². The number of H-pyrrole nitrogens is 1. The number of halogens is 1. The van der Waals surface area contributed by atoms with Crippen molar-refractivity contribution in [1.29, 1.82) is 0 Å². The minimum absolute atomic E-state index is 0.0339. The molecule has 0 fully saturated rings. The van der Waals surface area contributed by atoms with Crippen LogP contribution in [0.15, 0.2) is 64.4 Å². The van der Waals surface area contributed by atoms with Gasteiger partial charge in [-0.3, -0.25) is 9.78 Å². The van der Waals surface area contributed by atoms with E-state index in [1.807, 2.05) is 0 Å². The number of hydrogen-bond donors (Lipinski definition) is 2. The molecular weight excluding hydrogens is 466 g/mol. The number of carboxylic acid groups (broad SMARTS) is 1. The summed E-state index contributed by atoms with van der Waals surface area (Å²) in [6, 6.07) is 11.3. The molecule has 0 spiro atoms. The van der Waals surface area contributed by atoms with E-state index in [-0.39, 0.29) is 11.3 Å². The lowest BCUT2D eigenvalue weighted by Gasteiger charge is -2.09. The van der Waals surface area contributed by atoms with E-state index < -0.39 is 17.2 Å². The number of rotatable bonds is 4. The second-order valence-electron chi connectivity index (χ2n) is 7.17. The van der Waals surface area contributed by atoms with Crippen molar-refractivity contribution >= 4 is 49.9 Å². The van der Waals surface area contributed by atoms with Gasteiger partial charge in [-0.05, 0) is 36.4 Å². The molecule has 5 aromatic rings. The first-order chi connectivity index (χ1) is 15.9. The number of carboxylic acids is 1. The quantitative estimate of drug-likeness (QED) is 0.397. The van der Waals surface area contributed by atoms with Crippen molar-refractivity contribution in [1.82, 2.24) is 14.5 Å². The van der Waals surface area contributed by atoms with Crippen LogP contribution in [-0.2, 0) is 0 Å². The zero-order chi connectivity index (χ0) is 23.3. The van der Waals surface area contributed by atoms with Crippen LogP contribution in [0.4, 0.5) is 0 Å². The van der Waals surface area contributed by atoms with Crippen LogP contribution in [0, 0.1) is 0 Å². The van der Waals surface area contributed by atoms with Crippen molar-refractivity contribution in [3.63, 3.8) is 0 Å². The molecular formula is C23H14ClN3O5S. The Hall–Kier alpha value is -3.95. The molecule has 0 atom stereocenters. The standard InChI is InChI=1S/C23H14ClN3O5S/c1-32-13-4-5-16(24)15(7-13)19-8-17-20(33-19)21(28)27(23(31)26-17)18-10-25-9-12-3-2-11(22(29)30)6-14(12)18/h2-10H,1H3,(H,26,31)(H,29,30). The van der Waals surface area contributed by atoms with E-state index in [2.05, 4.69) is 9.97 Å². The lowest BCUT2D eigenvalue weighted by Crippen LogP contribution is -2.33. The molecule has 3 aromatic heterocycles. The van der Waals surface area contributed by atoms with E-state index in [9.17, 15) is 19.5 Å². The summed E-state index contributed by atoms with van der Waals surface area (Å²) in [7, 11) is 1.54. The summed E-state index contributed by atoms with van der Waals surface area (Å²) in [4.78, 5) is 45.4. The van der Waals surface area contributed by atoms with Gasteiger partial charge >= 0.3 is 11.7 Å². The highest BCUT2D eigenvalue weighted by Crippen LogP contribution is 2.37. The summed E-state index contributed by atoms with van der Waals surface area (Å²) in [6.07, 6.45) is 2.90. The van der Waals surface area contributed by atoms with Gasteiger partial charge in [0.2, 0.25) is 0 Å². The number of pyridine rings is 1. The number of hydrogen-bond acceptors (Lipinski definition) is 6. The van der Waals surface area contributed by atoms with Crippen molar-refractivity contribution in [2.75, 3.05) is 7.11 Å². The molecule has 0 saturated carbocycles. The van der Waals surface area contributed by atoms with E-state index in [0.29, 0.717) is 42.2 Å². The third-order valence-electron chi connectivity index (χ3n) is 5.24. The maximum absolute atomic E-state index is 13.4. The molecule has 5 rings (SSSR count). The fourth-order valence-corrected chi connectivity index (χ4v) is 4.99. The van der Waals surface area contributed by atoms with Gasteiger partial charge in [-0.1, -0.05) is 17.7 Å². The Bertz CT molecular complexity index is 1700. The normalized spacial score (nSPS) is 11.2. The number of ether oxygens (including phenoxy) is 1. The van der Waals surface area contributed by atoms with Gasteiger partial charge in [0, 0.05) is 32.4 Å². The van der Waals surface area contributed by atoms with Crippen molar-refractivity contribution < 1.29 is 14.6 Å².